The van der Waals surface area contributed by atoms with E-state index in [1.807, 2.05) is 32.9 Å². The first-order valence-corrected chi connectivity index (χ1v) is 9.34. The van der Waals surface area contributed by atoms with Gasteiger partial charge in [0.15, 0.2) is 5.78 Å². The molecule has 1 heterocycles. The summed E-state index contributed by atoms with van der Waals surface area (Å²) < 4.78 is 1.66. The van der Waals surface area contributed by atoms with Gasteiger partial charge in [-0.05, 0) is 49.6 Å². The van der Waals surface area contributed by atoms with Gasteiger partial charge in [-0.3, -0.25) is 14.4 Å². The Labute approximate surface area is 162 Å². The Bertz CT molecular complexity index is 896. The molecule has 0 aliphatic heterocycles. The first-order chi connectivity index (χ1) is 12.8. The third-order valence-corrected chi connectivity index (χ3v) is 5.14. The molecule has 142 valence electrons. The van der Waals surface area contributed by atoms with Crippen LogP contribution >= 0.6 is 11.6 Å². The third kappa shape index (κ3) is 3.81. The lowest BCUT2D eigenvalue weighted by atomic mass is 9.87. The van der Waals surface area contributed by atoms with Crippen LogP contribution in [0.15, 0.2) is 24.5 Å². The number of benzene rings is 1. The lowest BCUT2D eigenvalue weighted by Crippen LogP contribution is -2.27. The topological polar surface area (TPSA) is 81.1 Å². The van der Waals surface area contributed by atoms with E-state index in [0.717, 1.165) is 22.4 Å². The second kappa shape index (κ2) is 7.64. The molecule has 1 saturated carbocycles. The van der Waals surface area contributed by atoms with Crippen LogP contribution < -0.4 is 5.32 Å². The van der Waals surface area contributed by atoms with Gasteiger partial charge in [-0.25, -0.2) is 4.68 Å². The van der Waals surface area contributed by atoms with Gasteiger partial charge in [-0.15, -0.1) is 0 Å². The van der Waals surface area contributed by atoms with Crippen LogP contribution in [0.4, 0.5) is 0 Å². The Balaban J connectivity index is 1.90. The molecule has 0 radical (unpaired) electrons. The van der Waals surface area contributed by atoms with Gasteiger partial charge in [-0.1, -0.05) is 11.6 Å². The summed E-state index contributed by atoms with van der Waals surface area (Å²) in [5.41, 5.74) is 3.26. The maximum atomic E-state index is 12.9. The molecular weight excluding hydrogens is 366 g/mol. The van der Waals surface area contributed by atoms with Crippen molar-refractivity contribution in [1.29, 1.82) is 0 Å². The van der Waals surface area contributed by atoms with Crippen molar-refractivity contribution in [1.82, 2.24) is 15.1 Å². The number of carbonyl (C=O) groups excluding carboxylic acids is 3. The molecule has 1 aliphatic rings. The minimum atomic E-state index is -0.792. The fourth-order valence-electron chi connectivity index (χ4n) is 3.81. The summed E-state index contributed by atoms with van der Waals surface area (Å²) in [7, 11) is 0. The minimum Gasteiger partial charge on any atom is -0.356 e. The minimum absolute atomic E-state index is 0.0663. The summed E-state index contributed by atoms with van der Waals surface area (Å²) >= 11 is 5.94. The van der Waals surface area contributed by atoms with Gasteiger partial charge >= 0.3 is 0 Å². The molecule has 1 amide bonds. The molecule has 1 N–H and O–H groups in total. The van der Waals surface area contributed by atoms with Gasteiger partial charge in [-0.2, -0.15) is 5.10 Å². The van der Waals surface area contributed by atoms with E-state index in [1.165, 1.54) is 0 Å². The number of Topliss-reactive ketones (excluding diaryl/α,β-unsaturated/α-hetero) is 2. The number of nitrogens with one attached hydrogen (secondary N) is 1. The lowest BCUT2D eigenvalue weighted by Gasteiger charge is -2.17. The Morgan fingerprint density at radius 3 is 2.52 bits per heavy atom. The summed E-state index contributed by atoms with van der Waals surface area (Å²) in [6.07, 6.45) is 3.44. The summed E-state index contributed by atoms with van der Waals surface area (Å²) in [5.74, 6) is -1.80. The molecule has 0 bridgehead atoms. The van der Waals surface area contributed by atoms with Gasteiger partial charge in [0, 0.05) is 31.5 Å². The predicted octanol–water partition coefficient (Wildman–Crippen LogP) is 2.91. The zero-order chi connectivity index (χ0) is 19.7. The molecule has 1 fully saturated rings. The number of carbonyl (C=O) groups is 3. The van der Waals surface area contributed by atoms with Gasteiger partial charge in [0.25, 0.3) is 0 Å². The normalized spacial score (nSPS) is 19.6. The van der Waals surface area contributed by atoms with Crippen molar-refractivity contribution in [2.24, 2.45) is 5.92 Å². The van der Waals surface area contributed by atoms with E-state index in [0.29, 0.717) is 11.6 Å². The number of aromatic nitrogens is 2. The van der Waals surface area contributed by atoms with Gasteiger partial charge in [0.2, 0.25) is 5.91 Å². The highest BCUT2D eigenvalue weighted by Gasteiger charge is 2.43. The fourth-order valence-corrected chi connectivity index (χ4v) is 3.94. The summed E-state index contributed by atoms with van der Waals surface area (Å²) in [6, 6.07) is 3.78. The highest BCUT2D eigenvalue weighted by atomic mass is 35.5. The molecule has 1 aromatic carbocycles. The number of aryl methyl sites for hydroxylation is 2. The lowest BCUT2D eigenvalue weighted by molar-refractivity contribution is -0.128. The second-order valence-electron chi connectivity index (χ2n) is 6.96. The van der Waals surface area contributed by atoms with Crippen LogP contribution in [0, 0.1) is 19.8 Å². The largest absolute Gasteiger partial charge is 0.356 e. The highest BCUT2D eigenvalue weighted by Crippen LogP contribution is 2.37. The summed E-state index contributed by atoms with van der Waals surface area (Å²) in [5, 5.41) is 7.41. The molecule has 0 spiro atoms. The van der Waals surface area contributed by atoms with Gasteiger partial charge < -0.3 is 5.32 Å². The molecule has 0 saturated heterocycles. The van der Waals surface area contributed by atoms with Crippen molar-refractivity contribution < 1.29 is 14.4 Å². The number of amides is 1. The Morgan fingerprint density at radius 1 is 1.30 bits per heavy atom. The highest BCUT2D eigenvalue weighted by molar-refractivity contribution is 6.30. The molecule has 2 atom stereocenters. The first-order valence-electron chi connectivity index (χ1n) is 8.96. The average molecular weight is 388 g/mol. The zero-order valence-corrected chi connectivity index (χ0v) is 16.3. The molecule has 27 heavy (non-hydrogen) atoms. The second-order valence-corrected chi connectivity index (χ2v) is 7.39. The molecule has 7 heteroatoms. The van der Waals surface area contributed by atoms with Crippen molar-refractivity contribution in [2.45, 2.75) is 39.5 Å². The van der Waals surface area contributed by atoms with Crippen LogP contribution in [0.5, 0.6) is 0 Å². The zero-order valence-electron chi connectivity index (χ0n) is 15.6. The van der Waals surface area contributed by atoms with Gasteiger partial charge in [0.1, 0.15) is 11.7 Å². The maximum Gasteiger partial charge on any atom is 0.220 e. The number of hydrogen-bond donors (Lipinski definition) is 1. The quantitative estimate of drug-likeness (QED) is 0.800. The van der Waals surface area contributed by atoms with Crippen molar-refractivity contribution in [2.75, 3.05) is 6.54 Å². The van der Waals surface area contributed by atoms with Crippen LogP contribution in [-0.2, 0) is 14.4 Å². The molecule has 6 nitrogen and oxygen atoms in total. The molecule has 2 aromatic rings. The average Bonchev–Trinajstić information content (AvgIpc) is 3.13. The van der Waals surface area contributed by atoms with Crippen molar-refractivity contribution in [3.63, 3.8) is 0 Å². The van der Waals surface area contributed by atoms with Crippen LogP contribution in [0.3, 0.4) is 0 Å². The number of hydrogen-bond acceptors (Lipinski definition) is 4. The van der Waals surface area contributed by atoms with Crippen molar-refractivity contribution in [3.05, 3.63) is 46.2 Å². The molecular formula is C20H22ClN3O3. The smallest absolute Gasteiger partial charge is 0.220 e. The summed E-state index contributed by atoms with van der Waals surface area (Å²) in [4.78, 5) is 37.3. The van der Waals surface area contributed by atoms with E-state index >= 15 is 0 Å². The molecule has 1 aromatic heterocycles. The van der Waals surface area contributed by atoms with Crippen LogP contribution in [0.2, 0.25) is 5.02 Å². The van der Waals surface area contributed by atoms with Crippen LogP contribution in [-0.4, -0.2) is 33.8 Å². The van der Waals surface area contributed by atoms with E-state index in [-0.39, 0.29) is 30.3 Å². The van der Waals surface area contributed by atoms with Crippen LogP contribution in [0.25, 0.3) is 5.69 Å². The standard InChI is InChI=1S/C20H22ClN3O3/c1-4-22-17(26)8-13-7-16(25)19(20(13)27)18-11(2)5-15(6-12(18)3)24-10-14(21)9-23-24/h5-6,9-10,13,19H,4,7-8H2,1-3H3,(H,22,26). The van der Waals surface area contributed by atoms with E-state index in [4.69, 9.17) is 11.6 Å². The van der Waals surface area contributed by atoms with E-state index in [9.17, 15) is 14.4 Å². The SMILES string of the molecule is CCNC(=O)CC1CC(=O)C(c2c(C)cc(-n3cc(Cl)cn3)cc2C)C1=O. The third-order valence-electron chi connectivity index (χ3n) is 4.94. The number of nitrogens with zero attached hydrogens (tertiary/aromatic N) is 2. The van der Waals surface area contributed by atoms with Crippen LogP contribution in [0.1, 0.15) is 42.4 Å². The van der Waals surface area contributed by atoms with E-state index < -0.39 is 11.8 Å². The first kappa shape index (κ1) is 19.3. The van der Waals surface area contributed by atoms with E-state index in [2.05, 4.69) is 10.4 Å². The monoisotopic (exact) mass is 387 g/mol. The number of rotatable bonds is 5. The van der Waals surface area contributed by atoms with Crippen molar-refractivity contribution in [3.8, 4) is 5.69 Å². The Kier molecular flexibility index (Phi) is 5.46. The maximum absolute atomic E-state index is 12.9. The molecule has 2 unspecified atom stereocenters. The summed E-state index contributed by atoms with van der Waals surface area (Å²) in [6.45, 7) is 6.10. The number of halogens is 1. The van der Waals surface area contributed by atoms with Crippen molar-refractivity contribution >= 4 is 29.1 Å². The Hall–Kier alpha value is -2.47. The fraction of sp³-hybridized carbons (Fsp3) is 0.400. The molecule has 3 rings (SSSR count). The predicted molar refractivity (Wildman–Crippen MR) is 102 cm³/mol. The number of ketones is 2. The molecule has 1 aliphatic carbocycles. The van der Waals surface area contributed by atoms with E-state index in [1.54, 1.807) is 17.1 Å². The van der Waals surface area contributed by atoms with Gasteiger partial charge in [0.05, 0.1) is 16.9 Å². The Morgan fingerprint density at radius 2 is 1.96 bits per heavy atom.